The Morgan fingerprint density at radius 1 is 0.162 bits per heavy atom. The van der Waals surface area contributed by atoms with Crippen LogP contribution in [0.5, 0.6) is 0 Å². The fourth-order valence-corrected chi connectivity index (χ4v) is 12.3. The van der Waals surface area contributed by atoms with E-state index in [-0.39, 0.29) is 43.4 Å². The lowest BCUT2D eigenvalue weighted by Crippen LogP contribution is -2.02. The summed E-state index contributed by atoms with van der Waals surface area (Å²) >= 11 is 0. The molecule has 0 spiro atoms. The van der Waals surface area contributed by atoms with Crippen LogP contribution in [0, 0.1) is 62.3 Å². The van der Waals surface area contributed by atoms with Gasteiger partial charge < -0.3 is 0 Å². The Labute approximate surface area is 670 Å². The maximum absolute atomic E-state index is 11.7. The summed E-state index contributed by atoms with van der Waals surface area (Å²) in [6.07, 6.45) is 37.7. The van der Waals surface area contributed by atoms with E-state index in [4.69, 9.17) is 0 Å². The normalized spacial score (nSPS) is 10.1. The van der Waals surface area contributed by atoms with Gasteiger partial charge in [-0.05, 0) is 277 Å². The highest BCUT2D eigenvalue weighted by molar-refractivity contribution is 5.30. The van der Waals surface area contributed by atoms with Crippen LogP contribution < -0.4 is 43.4 Å². The summed E-state index contributed by atoms with van der Waals surface area (Å²) < 4.78 is 0. The van der Waals surface area contributed by atoms with Crippen molar-refractivity contribution in [2.24, 2.45) is 0 Å². The lowest BCUT2D eigenvalue weighted by atomic mass is 10.0. The molecule has 0 unspecified atom stereocenters. The van der Waals surface area contributed by atoms with E-state index in [9.17, 15) is 38.4 Å². The molecule has 0 aromatic heterocycles. The van der Waals surface area contributed by atoms with E-state index in [1.54, 1.807) is 66.7 Å². The van der Waals surface area contributed by atoms with Crippen molar-refractivity contribution in [1.29, 1.82) is 0 Å². The number of rotatable bonds is 31. The molecule has 8 rings (SSSR count). The fourth-order valence-electron chi connectivity index (χ4n) is 12.3. The van der Waals surface area contributed by atoms with E-state index < -0.39 is 0 Å². The first kappa shape index (κ1) is 100. The summed E-state index contributed by atoms with van der Waals surface area (Å²) in [6.45, 7) is 32.4. The van der Waals surface area contributed by atoms with E-state index in [0.29, 0.717) is 0 Å². The monoisotopic (exact) mass is 1510 g/mol. The van der Waals surface area contributed by atoms with Crippen molar-refractivity contribution in [3.05, 3.63) is 365 Å². The number of hydrogen-bond donors (Lipinski definition) is 0. The van der Waals surface area contributed by atoms with Crippen molar-refractivity contribution in [2.45, 2.75) is 310 Å². The predicted molar refractivity (Wildman–Crippen MR) is 481 cm³/mol. The van der Waals surface area contributed by atoms with Gasteiger partial charge in [0, 0.05) is 0 Å². The number of hydrogen-bond acceptors (Lipinski definition) is 8. The van der Waals surface area contributed by atoms with E-state index in [1.165, 1.54) is 175 Å². The Morgan fingerprint density at radius 3 is 0.586 bits per heavy atom. The van der Waals surface area contributed by atoms with E-state index in [2.05, 4.69) is 72.7 Å². The Hall–Kier alpha value is -8.88. The SMILES string of the molecule is CCCCCCCCCCc1ccccc(=O)c1C.CCCCCCCCc1ccccc(=O)c1C.CCCCCCc1ccccc(=O)c1C.CCCCCc1ccccc(=O)c1C.CCCCc1ccccc(=O)c1C.CCCc1ccccc(=O)c1C.CCc1ccccc(=O)c1C.Cc1ccccc(=O)c1C. The molecule has 0 heterocycles. The molecule has 8 aromatic carbocycles. The largest absolute Gasteiger partial charge is 0.290 e. The Kier molecular flexibility index (Phi) is 57.5. The van der Waals surface area contributed by atoms with Crippen LogP contribution in [0.3, 0.4) is 0 Å². The molecule has 0 saturated heterocycles. The van der Waals surface area contributed by atoms with Crippen LogP contribution >= 0.6 is 0 Å². The van der Waals surface area contributed by atoms with Gasteiger partial charge in [0.25, 0.3) is 0 Å². The van der Waals surface area contributed by atoms with Crippen LogP contribution in [0.25, 0.3) is 0 Å². The van der Waals surface area contributed by atoms with Gasteiger partial charge in [0.2, 0.25) is 0 Å². The molecule has 111 heavy (non-hydrogen) atoms. The van der Waals surface area contributed by atoms with Crippen LogP contribution in [-0.4, -0.2) is 0 Å². The fraction of sp³-hybridized carbons (Fsp3) is 0.456. The van der Waals surface area contributed by atoms with Crippen molar-refractivity contribution in [2.75, 3.05) is 0 Å². The molecule has 0 N–H and O–H groups in total. The Morgan fingerprint density at radius 2 is 0.333 bits per heavy atom. The maximum Gasteiger partial charge on any atom is 0.181 e. The second-order valence-electron chi connectivity index (χ2n) is 29.2. The van der Waals surface area contributed by atoms with Gasteiger partial charge in [-0.3, -0.25) is 38.4 Å². The Bertz CT molecular complexity index is 4410. The predicted octanol–water partition coefficient (Wildman–Crippen LogP) is 24.4. The van der Waals surface area contributed by atoms with Crippen LogP contribution in [0.2, 0.25) is 0 Å². The van der Waals surface area contributed by atoms with Gasteiger partial charge in [-0.2, -0.15) is 0 Å². The minimum atomic E-state index is 0.113. The molecule has 8 heteroatoms. The maximum atomic E-state index is 11.7. The first-order chi connectivity index (χ1) is 53.5. The zero-order chi connectivity index (χ0) is 82.4. The van der Waals surface area contributed by atoms with E-state index in [0.717, 1.165) is 113 Å². The van der Waals surface area contributed by atoms with Crippen LogP contribution in [-0.2, 0) is 44.9 Å². The van der Waals surface area contributed by atoms with Crippen LogP contribution in [0.4, 0.5) is 0 Å². The summed E-state index contributed by atoms with van der Waals surface area (Å²) in [7, 11) is 0. The molecule has 0 amide bonds. The third kappa shape index (κ3) is 44.7. The summed E-state index contributed by atoms with van der Waals surface area (Å²) in [5, 5.41) is 0. The highest BCUT2D eigenvalue weighted by Crippen LogP contribution is 2.16. The molecule has 602 valence electrons. The van der Waals surface area contributed by atoms with E-state index in [1.807, 2.05) is 165 Å². The van der Waals surface area contributed by atoms with Gasteiger partial charge in [-0.15, -0.1) is 0 Å². The van der Waals surface area contributed by atoms with Gasteiger partial charge in [0.05, 0.1) is 0 Å². The molecule has 0 aliphatic rings. The van der Waals surface area contributed by atoms with Gasteiger partial charge in [0.1, 0.15) is 0 Å². The van der Waals surface area contributed by atoms with Crippen LogP contribution in [0.1, 0.15) is 292 Å². The molecule has 0 saturated carbocycles. The zero-order valence-corrected chi connectivity index (χ0v) is 71.7. The second kappa shape index (κ2) is 63.7. The average Bonchev–Trinajstić information content (AvgIpc) is 1.84. The van der Waals surface area contributed by atoms with Gasteiger partial charge in [-0.1, -0.05) is 316 Å². The van der Waals surface area contributed by atoms with Gasteiger partial charge >= 0.3 is 0 Å². The van der Waals surface area contributed by atoms with Crippen molar-refractivity contribution in [3.8, 4) is 0 Å². The lowest BCUT2D eigenvalue weighted by molar-refractivity contribution is 0.575. The molecule has 0 fully saturated rings. The molecular formula is C103H142O8. The molecule has 8 nitrogen and oxygen atoms in total. The molecule has 0 aliphatic carbocycles. The van der Waals surface area contributed by atoms with Gasteiger partial charge in [-0.25, -0.2) is 0 Å². The molecule has 0 atom stereocenters. The molecule has 0 radical (unpaired) electrons. The highest BCUT2D eigenvalue weighted by atomic mass is 16.1. The smallest absolute Gasteiger partial charge is 0.181 e. The van der Waals surface area contributed by atoms with Crippen molar-refractivity contribution >= 4 is 0 Å². The van der Waals surface area contributed by atoms with Gasteiger partial charge in [0.15, 0.2) is 43.4 Å². The quantitative estimate of drug-likeness (QED) is 0.0392. The first-order valence-electron chi connectivity index (χ1n) is 42.2. The number of aryl methyl sites for hydroxylation is 8. The second-order valence-corrected chi connectivity index (χ2v) is 29.2. The van der Waals surface area contributed by atoms with Crippen molar-refractivity contribution in [3.63, 3.8) is 0 Å². The topological polar surface area (TPSA) is 137 Å². The van der Waals surface area contributed by atoms with Crippen LogP contribution in [0.15, 0.2) is 232 Å². The number of unbranched alkanes of at least 4 members (excludes halogenated alkanes) is 18. The standard InChI is InChI=1S/C18H28O.C16H24O.C14H20O.C13H18O.C12H16O.C11H14O.C10H12O.C9H10O/c1-3-4-5-6-7-8-9-10-13-17-14-11-12-15-18(19)16(17)2;1-3-4-5-6-7-8-11-15-12-9-10-13-16(17)14(15)2;1-3-4-5-6-9-13-10-7-8-11-14(15)12(13)2;1-3-4-5-8-12-9-6-7-10-13(14)11(12)2;1-3-4-7-11-8-5-6-9-12(13)10(11)2;1-3-6-10-7-4-5-8-11(12)9(10)2;1-3-9-6-4-5-7-10(11)8(9)2;1-7-5-3-4-6-9(10)8(7)2/h11-12,14-15H,3-10,13H2,1-2H3;9-10,12-13H,3-8,11H2,1-2H3;7-8,10-11H,3-6,9H2,1-2H3;6-7,9-10H,3-5,8H2,1-2H3;5-6,8-9H,3-4,7H2,1-2H3;4-5,7-8H,3,6H2,1-2H3;4-7H,3H2,1-2H3;3-6H,1-2H3. The minimum Gasteiger partial charge on any atom is -0.290 e. The summed E-state index contributed by atoms with van der Waals surface area (Å²) in [6, 6.07) is 59.4. The molecular weight excluding hydrogens is 1370 g/mol. The lowest BCUT2D eigenvalue weighted by Gasteiger charge is -2.03. The molecule has 8 aromatic rings. The van der Waals surface area contributed by atoms with Crippen molar-refractivity contribution < 1.29 is 0 Å². The Balaban J connectivity index is 0.000000639. The minimum absolute atomic E-state index is 0.113. The summed E-state index contributed by atoms with van der Waals surface area (Å²) in [5.74, 6) is 0. The zero-order valence-electron chi connectivity index (χ0n) is 71.7. The molecule has 0 aliphatic heterocycles. The summed E-state index contributed by atoms with van der Waals surface area (Å²) in [5.41, 5.74) is 17.8. The summed E-state index contributed by atoms with van der Waals surface area (Å²) in [4.78, 5) is 91.2. The molecule has 0 bridgehead atoms. The third-order valence-corrected chi connectivity index (χ3v) is 20.4. The van der Waals surface area contributed by atoms with Crippen molar-refractivity contribution in [1.82, 2.24) is 0 Å². The first-order valence-corrected chi connectivity index (χ1v) is 42.2. The average molecular weight is 1510 g/mol. The highest BCUT2D eigenvalue weighted by Gasteiger charge is 2.06. The third-order valence-electron chi connectivity index (χ3n) is 20.4. The van der Waals surface area contributed by atoms with E-state index >= 15 is 0 Å².